The van der Waals surface area contributed by atoms with Crippen LogP contribution in [-0.4, -0.2) is 54.6 Å². The second-order valence-electron chi connectivity index (χ2n) is 6.73. The third-order valence-electron chi connectivity index (χ3n) is 4.01. The number of nitrogens with zero attached hydrogens (tertiary/aromatic N) is 2. The van der Waals surface area contributed by atoms with Crippen molar-refractivity contribution in [2.45, 2.75) is 53.1 Å². The van der Waals surface area contributed by atoms with E-state index < -0.39 is 0 Å². The van der Waals surface area contributed by atoms with Crippen molar-refractivity contribution in [2.24, 2.45) is 11.1 Å². The molecule has 1 atom stereocenters. The Kier molecular flexibility index (Phi) is 5.42. The zero-order valence-corrected chi connectivity index (χ0v) is 12.4. The van der Waals surface area contributed by atoms with Gasteiger partial charge in [0.1, 0.15) is 0 Å². The Morgan fingerprint density at radius 2 is 1.59 bits per heavy atom. The molecule has 0 spiro atoms. The minimum Gasteiger partial charge on any atom is -0.327 e. The van der Waals surface area contributed by atoms with Gasteiger partial charge in [0.05, 0.1) is 0 Å². The molecule has 0 amide bonds. The van der Waals surface area contributed by atoms with E-state index in [1.165, 1.54) is 26.2 Å². The lowest BCUT2D eigenvalue weighted by Crippen LogP contribution is -2.50. The number of hydrogen-bond donors (Lipinski definition) is 1. The van der Waals surface area contributed by atoms with E-state index in [0.717, 1.165) is 13.0 Å². The zero-order chi connectivity index (χ0) is 13.1. The van der Waals surface area contributed by atoms with E-state index in [-0.39, 0.29) is 5.41 Å². The van der Waals surface area contributed by atoms with Crippen LogP contribution in [0.4, 0.5) is 0 Å². The average molecular weight is 241 g/mol. The lowest BCUT2D eigenvalue weighted by Gasteiger charge is -2.38. The molecule has 3 heteroatoms. The molecule has 0 radical (unpaired) electrons. The second-order valence-corrected chi connectivity index (χ2v) is 6.73. The quantitative estimate of drug-likeness (QED) is 0.814. The molecule has 0 aromatic carbocycles. The number of piperazine rings is 1. The molecule has 0 saturated carbocycles. The summed E-state index contributed by atoms with van der Waals surface area (Å²) in [5, 5.41) is 0. The highest BCUT2D eigenvalue weighted by Crippen LogP contribution is 2.20. The Hall–Kier alpha value is -0.120. The lowest BCUT2D eigenvalue weighted by atomic mass is 9.85. The summed E-state index contributed by atoms with van der Waals surface area (Å²) in [5.41, 5.74) is 6.44. The largest absolute Gasteiger partial charge is 0.327 e. The second kappa shape index (κ2) is 6.17. The fourth-order valence-corrected chi connectivity index (χ4v) is 2.26. The first-order valence-electron chi connectivity index (χ1n) is 7.02. The maximum absolute atomic E-state index is 6.21. The zero-order valence-electron chi connectivity index (χ0n) is 12.4. The number of hydrogen-bond acceptors (Lipinski definition) is 3. The standard InChI is InChI=1S/C14H31N3/c1-12(2)17-10-8-16(9-11-17)7-6-13(15)14(3,4)5/h12-13H,6-11,15H2,1-5H3. The molecule has 0 aromatic rings. The highest BCUT2D eigenvalue weighted by molar-refractivity contribution is 4.80. The predicted molar refractivity (Wildman–Crippen MR) is 75.2 cm³/mol. The monoisotopic (exact) mass is 241 g/mol. The summed E-state index contributed by atoms with van der Waals surface area (Å²) < 4.78 is 0. The van der Waals surface area contributed by atoms with Crippen molar-refractivity contribution in [2.75, 3.05) is 32.7 Å². The van der Waals surface area contributed by atoms with Crippen molar-refractivity contribution in [3.05, 3.63) is 0 Å². The minimum absolute atomic E-state index is 0.236. The van der Waals surface area contributed by atoms with Crippen LogP contribution in [-0.2, 0) is 0 Å². The fraction of sp³-hybridized carbons (Fsp3) is 1.00. The Morgan fingerprint density at radius 3 is 2.00 bits per heavy atom. The van der Waals surface area contributed by atoms with Crippen LogP contribution < -0.4 is 5.73 Å². The van der Waals surface area contributed by atoms with E-state index in [4.69, 9.17) is 5.73 Å². The van der Waals surface area contributed by atoms with Gasteiger partial charge in [0.2, 0.25) is 0 Å². The normalized spacial score (nSPS) is 22.1. The van der Waals surface area contributed by atoms with Crippen molar-refractivity contribution in [1.29, 1.82) is 0 Å². The van der Waals surface area contributed by atoms with Crippen LogP contribution in [0.2, 0.25) is 0 Å². The van der Waals surface area contributed by atoms with Crippen molar-refractivity contribution in [1.82, 2.24) is 9.80 Å². The summed E-state index contributed by atoms with van der Waals surface area (Å²) in [6, 6.07) is 1.000. The first-order valence-corrected chi connectivity index (χ1v) is 7.02. The molecule has 0 aliphatic carbocycles. The predicted octanol–water partition coefficient (Wildman–Crippen LogP) is 1.78. The summed E-state index contributed by atoms with van der Waals surface area (Å²) in [6.07, 6.45) is 1.12. The third-order valence-corrected chi connectivity index (χ3v) is 4.01. The molecular formula is C14H31N3. The molecule has 1 saturated heterocycles. The summed E-state index contributed by atoms with van der Waals surface area (Å²) >= 11 is 0. The number of rotatable bonds is 4. The van der Waals surface area contributed by atoms with Gasteiger partial charge < -0.3 is 10.6 Å². The summed E-state index contributed by atoms with van der Waals surface area (Å²) in [4.78, 5) is 5.12. The minimum atomic E-state index is 0.236. The SMILES string of the molecule is CC(C)N1CCN(CCC(N)C(C)(C)C)CC1. The highest BCUT2D eigenvalue weighted by atomic mass is 15.3. The van der Waals surface area contributed by atoms with Gasteiger partial charge in [-0.05, 0) is 32.2 Å². The molecule has 102 valence electrons. The van der Waals surface area contributed by atoms with E-state index in [9.17, 15) is 0 Å². The van der Waals surface area contributed by atoms with Crippen LogP contribution >= 0.6 is 0 Å². The molecular weight excluding hydrogens is 210 g/mol. The van der Waals surface area contributed by atoms with Gasteiger partial charge in [-0.2, -0.15) is 0 Å². The van der Waals surface area contributed by atoms with E-state index in [1.807, 2.05) is 0 Å². The van der Waals surface area contributed by atoms with Gasteiger partial charge in [-0.3, -0.25) is 4.90 Å². The Labute approximate surface area is 107 Å². The third kappa shape index (κ3) is 4.94. The smallest absolute Gasteiger partial charge is 0.0113 e. The summed E-state index contributed by atoms with van der Waals surface area (Å²) in [5.74, 6) is 0. The van der Waals surface area contributed by atoms with Gasteiger partial charge in [0.15, 0.2) is 0 Å². The van der Waals surface area contributed by atoms with Gasteiger partial charge >= 0.3 is 0 Å². The summed E-state index contributed by atoms with van der Waals surface area (Å²) in [7, 11) is 0. The highest BCUT2D eigenvalue weighted by Gasteiger charge is 2.23. The molecule has 0 bridgehead atoms. The van der Waals surface area contributed by atoms with Gasteiger partial charge in [0, 0.05) is 38.3 Å². The van der Waals surface area contributed by atoms with Crippen molar-refractivity contribution in [3.63, 3.8) is 0 Å². The molecule has 1 aliphatic heterocycles. The first kappa shape index (κ1) is 14.9. The lowest BCUT2D eigenvalue weighted by molar-refractivity contribution is 0.103. The van der Waals surface area contributed by atoms with Crippen molar-refractivity contribution < 1.29 is 0 Å². The Morgan fingerprint density at radius 1 is 1.06 bits per heavy atom. The van der Waals surface area contributed by atoms with Crippen LogP contribution in [0.15, 0.2) is 0 Å². The van der Waals surface area contributed by atoms with E-state index in [0.29, 0.717) is 12.1 Å². The van der Waals surface area contributed by atoms with Gasteiger partial charge in [0.25, 0.3) is 0 Å². The van der Waals surface area contributed by atoms with Crippen LogP contribution in [0.3, 0.4) is 0 Å². The van der Waals surface area contributed by atoms with Gasteiger partial charge in [-0.25, -0.2) is 0 Å². The fourth-order valence-electron chi connectivity index (χ4n) is 2.26. The van der Waals surface area contributed by atoms with Crippen LogP contribution in [0, 0.1) is 5.41 Å². The molecule has 1 rings (SSSR count). The molecule has 3 nitrogen and oxygen atoms in total. The Balaban J connectivity index is 2.23. The average Bonchev–Trinajstić information content (AvgIpc) is 2.25. The molecule has 2 N–H and O–H groups in total. The molecule has 0 aromatic heterocycles. The van der Waals surface area contributed by atoms with Crippen molar-refractivity contribution in [3.8, 4) is 0 Å². The molecule has 1 aliphatic rings. The molecule has 1 unspecified atom stereocenters. The maximum Gasteiger partial charge on any atom is 0.0113 e. The van der Waals surface area contributed by atoms with Crippen LogP contribution in [0.25, 0.3) is 0 Å². The van der Waals surface area contributed by atoms with E-state index in [1.54, 1.807) is 0 Å². The molecule has 1 fully saturated rings. The van der Waals surface area contributed by atoms with Crippen LogP contribution in [0.5, 0.6) is 0 Å². The van der Waals surface area contributed by atoms with Gasteiger partial charge in [-0.1, -0.05) is 20.8 Å². The molecule has 17 heavy (non-hydrogen) atoms. The summed E-state index contributed by atoms with van der Waals surface area (Å²) in [6.45, 7) is 17.2. The van der Waals surface area contributed by atoms with E-state index >= 15 is 0 Å². The van der Waals surface area contributed by atoms with Crippen molar-refractivity contribution >= 4 is 0 Å². The number of nitrogens with two attached hydrogens (primary N) is 1. The topological polar surface area (TPSA) is 32.5 Å². The molecule has 1 heterocycles. The van der Waals surface area contributed by atoms with E-state index in [2.05, 4.69) is 44.4 Å². The Bertz CT molecular complexity index is 212. The maximum atomic E-state index is 6.21. The van der Waals surface area contributed by atoms with Crippen LogP contribution in [0.1, 0.15) is 41.0 Å². The van der Waals surface area contributed by atoms with Gasteiger partial charge in [-0.15, -0.1) is 0 Å². The first-order chi connectivity index (χ1) is 7.80.